The van der Waals surface area contributed by atoms with Gasteiger partial charge in [-0.1, -0.05) is 50.6 Å². The predicted molar refractivity (Wildman–Crippen MR) is 126 cm³/mol. The number of amides is 1. The zero-order chi connectivity index (χ0) is 22.0. The van der Waals surface area contributed by atoms with Gasteiger partial charge >= 0.3 is 0 Å². The molecule has 0 bridgehead atoms. The summed E-state index contributed by atoms with van der Waals surface area (Å²) in [6.07, 6.45) is 2.50. The zero-order valence-corrected chi connectivity index (χ0v) is 18.7. The zero-order valence-electron chi connectivity index (χ0n) is 18.0. The van der Waals surface area contributed by atoms with Crippen molar-refractivity contribution in [1.82, 2.24) is 4.98 Å². The normalized spacial score (nSPS) is 13.7. The molecule has 0 aliphatic carbocycles. The number of anilines is 3. The van der Waals surface area contributed by atoms with Gasteiger partial charge in [0.2, 0.25) is 0 Å². The predicted octanol–water partition coefficient (Wildman–Crippen LogP) is 6.21. The number of hydrogen-bond acceptors (Lipinski definition) is 4. The molecule has 4 rings (SSSR count). The van der Waals surface area contributed by atoms with E-state index in [1.54, 1.807) is 18.3 Å². The van der Waals surface area contributed by atoms with Crippen LogP contribution in [0.3, 0.4) is 0 Å². The van der Waals surface area contributed by atoms with E-state index in [2.05, 4.69) is 31.1 Å². The van der Waals surface area contributed by atoms with Gasteiger partial charge in [-0.15, -0.1) is 0 Å². The molecule has 1 aliphatic heterocycles. The van der Waals surface area contributed by atoms with E-state index in [1.165, 1.54) is 5.56 Å². The highest BCUT2D eigenvalue weighted by molar-refractivity contribution is 6.33. The first-order chi connectivity index (χ1) is 14.8. The largest absolute Gasteiger partial charge is 0.490 e. The van der Waals surface area contributed by atoms with Crippen molar-refractivity contribution in [3.8, 4) is 5.75 Å². The van der Waals surface area contributed by atoms with Gasteiger partial charge in [-0.2, -0.15) is 0 Å². The molecule has 3 aromatic rings. The highest BCUT2D eigenvalue weighted by Gasteiger charge is 2.25. The first-order valence-corrected chi connectivity index (χ1v) is 10.8. The average molecular weight is 436 g/mol. The minimum absolute atomic E-state index is 0.0589. The van der Waals surface area contributed by atoms with Crippen LogP contribution in [0.4, 0.5) is 17.2 Å². The third-order valence-electron chi connectivity index (χ3n) is 5.31. The van der Waals surface area contributed by atoms with Gasteiger partial charge in [-0.3, -0.25) is 4.79 Å². The van der Waals surface area contributed by atoms with Gasteiger partial charge < -0.3 is 15.0 Å². The Hall–Kier alpha value is -3.05. The number of carbonyl (C=O) groups is 1. The second-order valence-corrected chi connectivity index (χ2v) is 9.00. The summed E-state index contributed by atoms with van der Waals surface area (Å²) in [5.41, 5.74) is 3.29. The lowest BCUT2D eigenvalue weighted by atomic mass is 9.87. The van der Waals surface area contributed by atoms with Crippen LogP contribution < -0.4 is 15.0 Å². The van der Waals surface area contributed by atoms with Gasteiger partial charge in [0, 0.05) is 18.4 Å². The first kappa shape index (κ1) is 21.2. The molecular formula is C25H26ClN3O2. The van der Waals surface area contributed by atoms with Crippen LogP contribution in [0.5, 0.6) is 5.75 Å². The molecule has 0 spiro atoms. The summed E-state index contributed by atoms with van der Waals surface area (Å²) in [6, 6.07) is 17.1. The summed E-state index contributed by atoms with van der Waals surface area (Å²) in [7, 11) is 0. The minimum atomic E-state index is -0.214. The van der Waals surface area contributed by atoms with Crippen LogP contribution in [-0.4, -0.2) is 24.0 Å². The molecule has 2 heterocycles. The fourth-order valence-electron chi connectivity index (χ4n) is 3.63. The van der Waals surface area contributed by atoms with Crippen LogP contribution in [0.2, 0.25) is 5.02 Å². The SMILES string of the molecule is CC(C)(C)c1ccc(NC(=O)c2cccc3c2OCCCN3c2ncccc2Cl)cc1. The van der Waals surface area contributed by atoms with Gasteiger partial charge in [0.1, 0.15) is 0 Å². The lowest BCUT2D eigenvalue weighted by Crippen LogP contribution is -2.20. The number of hydrogen-bond donors (Lipinski definition) is 1. The Labute approximate surface area is 188 Å². The average Bonchev–Trinajstić information content (AvgIpc) is 2.96. The Balaban J connectivity index is 1.65. The van der Waals surface area contributed by atoms with Crippen LogP contribution in [0.25, 0.3) is 0 Å². The van der Waals surface area contributed by atoms with Crippen molar-refractivity contribution in [2.24, 2.45) is 0 Å². The van der Waals surface area contributed by atoms with Crippen molar-refractivity contribution in [2.75, 3.05) is 23.4 Å². The van der Waals surface area contributed by atoms with Crippen molar-refractivity contribution in [1.29, 1.82) is 0 Å². The highest BCUT2D eigenvalue weighted by atomic mass is 35.5. The lowest BCUT2D eigenvalue weighted by molar-refractivity contribution is 0.102. The number of ether oxygens (including phenoxy) is 1. The van der Waals surface area contributed by atoms with E-state index in [-0.39, 0.29) is 11.3 Å². The molecule has 5 nitrogen and oxygen atoms in total. The maximum absolute atomic E-state index is 13.1. The molecule has 2 aromatic carbocycles. The number of rotatable bonds is 3. The summed E-state index contributed by atoms with van der Waals surface area (Å²) in [4.78, 5) is 19.6. The van der Waals surface area contributed by atoms with Crippen molar-refractivity contribution < 1.29 is 9.53 Å². The van der Waals surface area contributed by atoms with Crippen molar-refractivity contribution in [3.05, 3.63) is 76.9 Å². The molecular weight excluding hydrogens is 410 g/mol. The molecule has 0 fully saturated rings. The Bertz CT molecular complexity index is 1090. The first-order valence-electron chi connectivity index (χ1n) is 10.4. The molecule has 1 aliphatic rings. The standard InChI is InChI=1S/C25H26ClN3O2/c1-25(2,3)17-10-12-18(13-11-17)28-24(30)19-7-4-9-21-22(19)31-16-6-15-29(21)23-20(26)8-5-14-27-23/h4-5,7-14H,6,15-16H2,1-3H3,(H,28,30). The van der Waals surface area contributed by atoms with Gasteiger partial charge in [-0.05, 0) is 53.8 Å². The molecule has 1 aromatic heterocycles. The second-order valence-electron chi connectivity index (χ2n) is 8.60. The summed E-state index contributed by atoms with van der Waals surface area (Å²) in [5.74, 6) is 0.992. The smallest absolute Gasteiger partial charge is 0.259 e. The molecule has 0 saturated carbocycles. The number of carbonyl (C=O) groups excluding carboxylic acids is 1. The van der Waals surface area contributed by atoms with Gasteiger partial charge in [0.25, 0.3) is 5.91 Å². The fraction of sp³-hybridized carbons (Fsp3) is 0.280. The Morgan fingerprint density at radius 1 is 1.10 bits per heavy atom. The monoisotopic (exact) mass is 435 g/mol. The Morgan fingerprint density at radius 3 is 2.58 bits per heavy atom. The van der Waals surface area contributed by atoms with Crippen LogP contribution >= 0.6 is 11.6 Å². The van der Waals surface area contributed by atoms with Gasteiger partial charge in [-0.25, -0.2) is 4.98 Å². The summed E-state index contributed by atoms with van der Waals surface area (Å²) >= 11 is 6.41. The number of halogens is 1. The number of pyridine rings is 1. The third kappa shape index (κ3) is 4.52. The summed E-state index contributed by atoms with van der Waals surface area (Å²) in [5, 5.41) is 3.55. The summed E-state index contributed by atoms with van der Waals surface area (Å²) in [6.45, 7) is 7.70. The van der Waals surface area contributed by atoms with E-state index < -0.39 is 0 Å². The van der Waals surface area contributed by atoms with Crippen molar-refractivity contribution >= 4 is 34.7 Å². The van der Waals surface area contributed by atoms with Gasteiger partial charge in [0.15, 0.2) is 11.6 Å². The molecule has 6 heteroatoms. The molecule has 0 radical (unpaired) electrons. The number of fused-ring (bicyclic) bond motifs is 1. The van der Waals surface area contributed by atoms with Crippen LogP contribution in [0.15, 0.2) is 60.8 Å². The maximum Gasteiger partial charge on any atom is 0.259 e. The number of aromatic nitrogens is 1. The summed E-state index contributed by atoms with van der Waals surface area (Å²) < 4.78 is 6.02. The fourth-order valence-corrected chi connectivity index (χ4v) is 3.86. The lowest BCUT2D eigenvalue weighted by Gasteiger charge is -2.24. The highest BCUT2D eigenvalue weighted by Crippen LogP contribution is 2.40. The molecule has 160 valence electrons. The van der Waals surface area contributed by atoms with E-state index in [9.17, 15) is 4.79 Å². The second kappa shape index (κ2) is 8.60. The number of para-hydroxylation sites is 1. The van der Waals surface area contributed by atoms with Crippen LogP contribution in [-0.2, 0) is 5.41 Å². The number of nitrogens with one attached hydrogen (secondary N) is 1. The topological polar surface area (TPSA) is 54.5 Å². The molecule has 31 heavy (non-hydrogen) atoms. The van der Waals surface area contributed by atoms with E-state index in [4.69, 9.17) is 16.3 Å². The molecule has 1 N–H and O–H groups in total. The molecule has 1 amide bonds. The van der Waals surface area contributed by atoms with Crippen molar-refractivity contribution in [3.63, 3.8) is 0 Å². The van der Waals surface area contributed by atoms with Crippen molar-refractivity contribution in [2.45, 2.75) is 32.6 Å². The van der Waals surface area contributed by atoms with E-state index in [0.29, 0.717) is 35.3 Å². The Kier molecular flexibility index (Phi) is 5.88. The molecule has 0 atom stereocenters. The molecule has 0 unspecified atom stereocenters. The van der Waals surface area contributed by atoms with Gasteiger partial charge in [0.05, 0.1) is 22.9 Å². The number of nitrogens with zero attached hydrogens (tertiary/aromatic N) is 2. The third-order valence-corrected chi connectivity index (χ3v) is 5.60. The minimum Gasteiger partial charge on any atom is -0.490 e. The molecule has 0 saturated heterocycles. The Morgan fingerprint density at radius 2 is 1.87 bits per heavy atom. The number of benzene rings is 2. The van der Waals surface area contributed by atoms with Crippen LogP contribution in [0, 0.1) is 0 Å². The maximum atomic E-state index is 13.1. The van der Waals surface area contributed by atoms with E-state index in [1.807, 2.05) is 47.4 Å². The van der Waals surface area contributed by atoms with E-state index in [0.717, 1.165) is 17.8 Å². The quantitative estimate of drug-likeness (QED) is 0.531. The van der Waals surface area contributed by atoms with Crippen LogP contribution in [0.1, 0.15) is 43.1 Å². The van der Waals surface area contributed by atoms with E-state index >= 15 is 0 Å².